The van der Waals surface area contributed by atoms with Gasteiger partial charge in [-0.1, -0.05) is 38.5 Å². The molecule has 23 heavy (non-hydrogen) atoms. The topological polar surface area (TPSA) is 53.4 Å². The normalized spacial score (nSPS) is 11.5. The third-order valence-electron chi connectivity index (χ3n) is 3.19. The van der Waals surface area contributed by atoms with Gasteiger partial charge < -0.3 is 9.47 Å². The molecule has 0 spiro atoms. The Morgan fingerprint density at radius 2 is 1.87 bits per heavy atom. The van der Waals surface area contributed by atoms with Crippen molar-refractivity contribution in [2.24, 2.45) is 5.41 Å². The van der Waals surface area contributed by atoms with Crippen molar-refractivity contribution in [1.29, 1.82) is 0 Å². The van der Waals surface area contributed by atoms with Gasteiger partial charge in [0.15, 0.2) is 0 Å². The summed E-state index contributed by atoms with van der Waals surface area (Å²) < 4.78 is 12.3. The Bertz CT molecular complexity index is 667. The SMILES string of the molecule is COCc1cc(OC(=O)CC(C)(C)C)n(-c2ccc(C)cc2)n1. The quantitative estimate of drug-likeness (QED) is 0.790. The largest absolute Gasteiger partial charge is 0.407 e. The number of ether oxygens (including phenoxy) is 2. The van der Waals surface area contributed by atoms with Gasteiger partial charge in [-0.05, 0) is 24.5 Å². The maximum atomic E-state index is 12.1. The van der Waals surface area contributed by atoms with Gasteiger partial charge in [0, 0.05) is 13.2 Å². The van der Waals surface area contributed by atoms with Crippen LogP contribution in [0.3, 0.4) is 0 Å². The second-order valence-electron chi connectivity index (χ2n) is 6.87. The van der Waals surface area contributed by atoms with E-state index in [0.29, 0.717) is 24.6 Å². The molecule has 0 amide bonds. The van der Waals surface area contributed by atoms with Crippen LogP contribution in [0.1, 0.15) is 38.4 Å². The van der Waals surface area contributed by atoms with Gasteiger partial charge in [-0.25, -0.2) is 4.68 Å². The first-order chi connectivity index (χ1) is 10.8. The number of carbonyl (C=O) groups excluding carboxylic acids is 1. The van der Waals surface area contributed by atoms with Gasteiger partial charge in [-0.2, -0.15) is 5.10 Å². The van der Waals surface area contributed by atoms with Crippen molar-refractivity contribution in [3.05, 3.63) is 41.6 Å². The molecule has 0 atom stereocenters. The number of nitrogens with zero attached hydrogens (tertiary/aromatic N) is 2. The summed E-state index contributed by atoms with van der Waals surface area (Å²) in [5, 5.41) is 4.46. The van der Waals surface area contributed by atoms with Crippen LogP contribution in [0.15, 0.2) is 30.3 Å². The van der Waals surface area contributed by atoms with E-state index in [1.807, 2.05) is 52.0 Å². The van der Waals surface area contributed by atoms with E-state index in [9.17, 15) is 4.79 Å². The van der Waals surface area contributed by atoms with Crippen molar-refractivity contribution < 1.29 is 14.3 Å². The van der Waals surface area contributed by atoms with Gasteiger partial charge in [0.05, 0.1) is 24.4 Å². The minimum Gasteiger partial charge on any atom is -0.407 e. The number of benzene rings is 1. The highest BCUT2D eigenvalue weighted by Gasteiger charge is 2.20. The third kappa shape index (κ3) is 4.93. The van der Waals surface area contributed by atoms with Crippen LogP contribution >= 0.6 is 0 Å². The number of aromatic nitrogens is 2. The van der Waals surface area contributed by atoms with Crippen molar-refractivity contribution in [2.75, 3.05) is 7.11 Å². The van der Waals surface area contributed by atoms with E-state index >= 15 is 0 Å². The predicted molar refractivity (Wildman–Crippen MR) is 88.7 cm³/mol. The van der Waals surface area contributed by atoms with Crippen LogP contribution in [-0.2, 0) is 16.1 Å². The van der Waals surface area contributed by atoms with Crippen LogP contribution in [-0.4, -0.2) is 22.9 Å². The van der Waals surface area contributed by atoms with Gasteiger partial charge >= 0.3 is 5.97 Å². The summed E-state index contributed by atoms with van der Waals surface area (Å²) >= 11 is 0. The minimum atomic E-state index is -0.269. The fraction of sp³-hybridized carbons (Fsp3) is 0.444. The number of esters is 1. The summed E-state index contributed by atoms with van der Waals surface area (Å²) in [6.07, 6.45) is 0.339. The van der Waals surface area contributed by atoms with Crippen molar-refractivity contribution in [1.82, 2.24) is 9.78 Å². The van der Waals surface area contributed by atoms with E-state index in [1.165, 1.54) is 0 Å². The molecule has 0 saturated heterocycles. The first kappa shape index (κ1) is 17.2. The van der Waals surface area contributed by atoms with Gasteiger partial charge in [0.2, 0.25) is 5.88 Å². The van der Waals surface area contributed by atoms with Crippen LogP contribution in [0.25, 0.3) is 5.69 Å². The molecule has 1 aromatic carbocycles. The standard InChI is InChI=1S/C18H24N2O3/c1-13-6-8-15(9-7-13)20-16(10-14(19-20)12-22-5)23-17(21)11-18(2,3)4/h6-10H,11-12H2,1-5H3. The van der Waals surface area contributed by atoms with Crippen molar-refractivity contribution in [3.8, 4) is 11.6 Å². The molecule has 0 fully saturated rings. The molecule has 0 aliphatic heterocycles. The van der Waals surface area contributed by atoms with Crippen LogP contribution < -0.4 is 4.74 Å². The molecule has 1 heterocycles. The first-order valence-corrected chi connectivity index (χ1v) is 7.64. The molecular weight excluding hydrogens is 292 g/mol. The number of carbonyl (C=O) groups is 1. The molecule has 0 aliphatic carbocycles. The van der Waals surface area contributed by atoms with Crippen LogP contribution in [0.2, 0.25) is 0 Å². The zero-order chi connectivity index (χ0) is 17.0. The maximum absolute atomic E-state index is 12.1. The molecule has 0 bridgehead atoms. The summed E-state index contributed by atoms with van der Waals surface area (Å²) in [4.78, 5) is 12.1. The Labute approximate surface area is 137 Å². The molecule has 1 aromatic heterocycles. The highest BCUT2D eigenvalue weighted by molar-refractivity contribution is 5.72. The predicted octanol–water partition coefficient (Wildman–Crippen LogP) is 3.67. The van der Waals surface area contributed by atoms with Crippen LogP contribution in [0, 0.1) is 12.3 Å². The van der Waals surface area contributed by atoms with Crippen molar-refractivity contribution >= 4 is 5.97 Å². The van der Waals surface area contributed by atoms with Crippen LogP contribution in [0.5, 0.6) is 5.88 Å². The number of rotatable bonds is 5. The summed E-state index contributed by atoms with van der Waals surface area (Å²) in [7, 11) is 1.61. The second kappa shape index (κ2) is 6.96. The highest BCUT2D eigenvalue weighted by Crippen LogP contribution is 2.24. The van der Waals surface area contributed by atoms with E-state index in [1.54, 1.807) is 17.9 Å². The van der Waals surface area contributed by atoms with E-state index < -0.39 is 0 Å². The number of hydrogen-bond acceptors (Lipinski definition) is 4. The molecular formula is C18H24N2O3. The van der Waals surface area contributed by atoms with Crippen LogP contribution in [0.4, 0.5) is 0 Å². The van der Waals surface area contributed by atoms with E-state index in [4.69, 9.17) is 9.47 Å². The molecule has 2 aromatic rings. The summed E-state index contributed by atoms with van der Waals surface area (Å²) in [5.74, 6) is 0.143. The lowest BCUT2D eigenvalue weighted by Crippen LogP contribution is -2.18. The summed E-state index contributed by atoms with van der Waals surface area (Å²) in [6, 6.07) is 9.62. The van der Waals surface area contributed by atoms with E-state index in [-0.39, 0.29) is 11.4 Å². The molecule has 5 heteroatoms. The zero-order valence-corrected chi connectivity index (χ0v) is 14.4. The second-order valence-corrected chi connectivity index (χ2v) is 6.87. The Morgan fingerprint density at radius 3 is 2.43 bits per heavy atom. The lowest BCUT2D eigenvalue weighted by atomic mass is 9.92. The highest BCUT2D eigenvalue weighted by atomic mass is 16.5. The number of methoxy groups -OCH3 is 1. The smallest absolute Gasteiger partial charge is 0.313 e. The average Bonchev–Trinajstić information content (AvgIpc) is 2.80. The first-order valence-electron chi connectivity index (χ1n) is 7.64. The molecule has 2 rings (SSSR count). The van der Waals surface area contributed by atoms with Gasteiger partial charge in [-0.3, -0.25) is 4.79 Å². The van der Waals surface area contributed by atoms with E-state index in [0.717, 1.165) is 11.3 Å². The Hall–Kier alpha value is -2.14. The maximum Gasteiger partial charge on any atom is 0.313 e. The van der Waals surface area contributed by atoms with Gasteiger partial charge in [0.1, 0.15) is 0 Å². The number of aryl methyl sites for hydroxylation is 1. The molecule has 0 N–H and O–H groups in total. The Kier molecular flexibility index (Phi) is 5.21. The summed E-state index contributed by atoms with van der Waals surface area (Å²) in [5.41, 5.74) is 2.59. The molecule has 0 unspecified atom stereocenters. The molecule has 0 aliphatic rings. The fourth-order valence-corrected chi connectivity index (χ4v) is 2.16. The molecule has 0 radical (unpaired) electrons. The average molecular weight is 316 g/mol. The van der Waals surface area contributed by atoms with E-state index in [2.05, 4.69) is 5.10 Å². The van der Waals surface area contributed by atoms with Gasteiger partial charge in [0.25, 0.3) is 0 Å². The number of hydrogen-bond donors (Lipinski definition) is 0. The zero-order valence-electron chi connectivity index (χ0n) is 14.4. The molecule has 0 saturated carbocycles. The lowest BCUT2D eigenvalue weighted by molar-refractivity contribution is -0.136. The Morgan fingerprint density at radius 1 is 1.22 bits per heavy atom. The molecule has 5 nitrogen and oxygen atoms in total. The molecule has 124 valence electrons. The lowest BCUT2D eigenvalue weighted by Gasteiger charge is -2.16. The van der Waals surface area contributed by atoms with Gasteiger partial charge in [-0.15, -0.1) is 0 Å². The Balaban J connectivity index is 2.30. The minimum absolute atomic E-state index is 0.124. The summed E-state index contributed by atoms with van der Waals surface area (Å²) in [6.45, 7) is 8.39. The monoisotopic (exact) mass is 316 g/mol. The third-order valence-corrected chi connectivity index (χ3v) is 3.19. The van der Waals surface area contributed by atoms with Crippen molar-refractivity contribution in [2.45, 2.75) is 40.7 Å². The van der Waals surface area contributed by atoms with Crippen molar-refractivity contribution in [3.63, 3.8) is 0 Å². The fourth-order valence-electron chi connectivity index (χ4n) is 2.16.